The third-order valence-corrected chi connectivity index (χ3v) is 4.44. The Labute approximate surface area is 157 Å². The fourth-order valence-electron chi connectivity index (χ4n) is 2.95. The third-order valence-electron chi connectivity index (χ3n) is 4.44. The fourth-order valence-corrected chi connectivity index (χ4v) is 2.95. The number of benzene rings is 1. The van der Waals surface area contributed by atoms with Crippen LogP contribution in [0.25, 0.3) is 11.3 Å². The lowest BCUT2D eigenvalue weighted by atomic mass is 10.1. The lowest BCUT2D eigenvalue weighted by molar-refractivity contribution is -0.136. The number of methoxy groups -OCH3 is 2. The van der Waals surface area contributed by atoms with Crippen molar-refractivity contribution in [3.8, 4) is 17.1 Å². The van der Waals surface area contributed by atoms with Crippen molar-refractivity contribution in [1.29, 1.82) is 0 Å². The number of ether oxygens (including phenoxy) is 2. The molecule has 142 valence electrons. The van der Waals surface area contributed by atoms with Crippen LogP contribution in [0.4, 0.5) is 0 Å². The summed E-state index contributed by atoms with van der Waals surface area (Å²) in [6.45, 7) is 2.09. The van der Waals surface area contributed by atoms with E-state index < -0.39 is 0 Å². The summed E-state index contributed by atoms with van der Waals surface area (Å²) in [7, 11) is 3.03. The SMILES string of the molecule is COCC(=O)N1CCN(C(=O)c2cccc(-c3ccc(OC)nn3)c2)CC1. The number of carbonyl (C=O) groups excluding carboxylic acids is 2. The Hall–Kier alpha value is -3.00. The minimum atomic E-state index is -0.0582. The molecule has 1 aliphatic rings. The van der Waals surface area contributed by atoms with Gasteiger partial charge in [0.2, 0.25) is 11.8 Å². The first-order valence-electron chi connectivity index (χ1n) is 8.66. The van der Waals surface area contributed by atoms with E-state index in [4.69, 9.17) is 9.47 Å². The first-order chi connectivity index (χ1) is 13.1. The molecule has 1 aliphatic heterocycles. The van der Waals surface area contributed by atoms with E-state index >= 15 is 0 Å². The Morgan fingerprint density at radius 2 is 1.74 bits per heavy atom. The molecule has 2 heterocycles. The molecule has 0 atom stereocenters. The van der Waals surface area contributed by atoms with Gasteiger partial charge in [-0.2, -0.15) is 0 Å². The molecule has 0 radical (unpaired) electrons. The van der Waals surface area contributed by atoms with Crippen LogP contribution in [0.3, 0.4) is 0 Å². The summed E-state index contributed by atoms with van der Waals surface area (Å²) in [4.78, 5) is 28.2. The van der Waals surface area contributed by atoms with Crippen LogP contribution >= 0.6 is 0 Å². The summed E-state index contributed by atoms with van der Waals surface area (Å²) in [5.74, 6) is 0.328. The topological polar surface area (TPSA) is 84.9 Å². The Bertz CT molecular complexity index is 802. The van der Waals surface area contributed by atoms with E-state index in [-0.39, 0.29) is 18.4 Å². The zero-order valence-electron chi connectivity index (χ0n) is 15.4. The predicted octanol–water partition coefficient (Wildman–Crippen LogP) is 1.08. The number of rotatable bonds is 5. The molecule has 8 nitrogen and oxygen atoms in total. The molecule has 2 amide bonds. The highest BCUT2D eigenvalue weighted by atomic mass is 16.5. The maximum atomic E-state index is 12.8. The van der Waals surface area contributed by atoms with E-state index in [1.54, 1.807) is 34.1 Å². The van der Waals surface area contributed by atoms with Gasteiger partial charge in [0.1, 0.15) is 6.61 Å². The van der Waals surface area contributed by atoms with Gasteiger partial charge >= 0.3 is 0 Å². The van der Waals surface area contributed by atoms with Crippen LogP contribution in [-0.4, -0.2) is 78.8 Å². The molecule has 2 aromatic rings. The summed E-state index contributed by atoms with van der Waals surface area (Å²) >= 11 is 0. The van der Waals surface area contributed by atoms with Crippen LogP contribution in [0.5, 0.6) is 5.88 Å². The average molecular weight is 370 g/mol. The Morgan fingerprint density at radius 3 is 2.37 bits per heavy atom. The molecule has 0 saturated carbocycles. The van der Waals surface area contributed by atoms with Crippen molar-refractivity contribution >= 4 is 11.8 Å². The molecule has 1 fully saturated rings. The molecule has 0 aliphatic carbocycles. The van der Waals surface area contributed by atoms with Gasteiger partial charge in [0.15, 0.2) is 0 Å². The normalized spacial score (nSPS) is 14.1. The molecule has 1 saturated heterocycles. The van der Waals surface area contributed by atoms with Gasteiger partial charge in [0, 0.05) is 50.5 Å². The minimum absolute atomic E-state index is 0.0512. The average Bonchev–Trinajstić information content (AvgIpc) is 2.73. The zero-order valence-corrected chi connectivity index (χ0v) is 15.4. The molecular weight excluding hydrogens is 348 g/mol. The number of carbonyl (C=O) groups is 2. The highest BCUT2D eigenvalue weighted by Crippen LogP contribution is 2.20. The second kappa shape index (κ2) is 8.59. The van der Waals surface area contributed by atoms with Gasteiger partial charge in [-0.1, -0.05) is 12.1 Å². The van der Waals surface area contributed by atoms with Crippen molar-refractivity contribution in [3.63, 3.8) is 0 Å². The van der Waals surface area contributed by atoms with Crippen LogP contribution in [0.2, 0.25) is 0 Å². The second-order valence-electron chi connectivity index (χ2n) is 6.15. The maximum Gasteiger partial charge on any atom is 0.253 e. The van der Waals surface area contributed by atoms with Crippen LogP contribution in [0, 0.1) is 0 Å². The summed E-state index contributed by atoms with van der Waals surface area (Å²) in [5.41, 5.74) is 2.06. The van der Waals surface area contributed by atoms with E-state index in [9.17, 15) is 9.59 Å². The van der Waals surface area contributed by atoms with Crippen LogP contribution in [0.15, 0.2) is 36.4 Å². The van der Waals surface area contributed by atoms with Gasteiger partial charge in [0.25, 0.3) is 5.91 Å². The largest absolute Gasteiger partial charge is 0.480 e. The highest BCUT2D eigenvalue weighted by Gasteiger charge is 2.24. The first kappa shape index (κ1) is 18.8. The second-order valence-corrected chi connectivity index (χ2v) is 6.15. The van der Waals surface area contributed by atoms with Gasteiger partial charge in [-0.05, 0) is 18.2 Å². The quantitative estimate of drug-likeness (QED) is 0.783. The zero-order chi connectivity index (χ0) is 19.2. The number of piperazine rings is 1. The monoisotopic (exact) mass is 370 g/mol. The Morgan fingerprint density at radius 1 is 1.00 bits per heavy atom. The van der Waals surface area contributed by atoms with E-state index in [1.807, 2.05) is 12.1 Å². The molecule has 27 heavy (non-hydrogen) atoms. The Balaban J connectivity index is 1.68. The lowest BCUT2D eigenvalue weighted by Gasteiger charge is -2.34. The standard InChI is InChI=1S/C19H22N4O4/c1-26-13-18(24)22-8-10-23(11-9-22)19(25)15-5-3-4-14(12-15)16-6-7-17(27-2)21-20-16/h3-7,12H,8-11,13H2,1-2H3. The summed E-state index contributed by atoms with van der Waals surface area (Å²) < 4.78 is 9.90. The molecule has 0 spiro atoms. The van der Waals surface area contributed by atoms with Gasteiger partial charge in [-0.15, -0.1) is 10.2 Å². The van der Waals surface area contributed by atoms with Crippen LogP contribution in [-0.2, 0) is 9.53 Å². The molecule has 0 unspecified atom stereocenters. The molecule has 3 rings (SSSR count). The molecule has 0 N–H and O–H groups in total. The number of aromatic nitrogens is 2. The van der Waals surface area contributed by atoms with Gasteiger partial charge in [0.05, 0.1) is 12.8 Å². The molecular formula is C19H22N4O4. The molecule has 0 bridgehead atoms. The van der Waals surface area contributed by atoms with E-state index in [1.165, 1.54) is 14.2 Å². The minimum Gasteiger partial charge on any atom is -0.480 e. The molecule has 1 aromatic heterocycles. The van der Waals surface area contributed by atoms with E-state index in [0.717, 1.165) is 5.56 Å². The number of hydrogen-bond acceptors (Lipinski definition) is 6. The summed E-state index contributed by atoms with van der Waals surface area (Å²) in [6, 6.07) is 10.8. The van der Waals surface area contributed by atoms with Crippen molar-refractivity contribution in [3.05, 3.63) is 42.0 Å². The van der Waals surface area contributed by atoms with E-state index in [0.29, 0.717) is 43.3 Å². The fraction of sp³-hybridized carbons (Fsp3) is 0.368. The predicted molar refractivity (Wildman–Crippen MR) is 98.4 cm³/mol. The van der Waals surface area contributed by atoms with Gasteiger partial charge in [-0.3, -0.25) is 9.59 Å². The maximum absolute atomic E-state index is 12.8. The molecule has 8 heteroatoms. The van der Waals surface area contributed by atoms with Crippen molar-refractivity contribution < 1.29 is 19.1 Å². The lowest BCUT2D eigenvalue weighted by Crippen LogP contribution is -2.51. The summed E-state index contributed by atoms with van der Waals surface area (Å²) in [6.07, 6.45) is 0. The first-order valence-corrected chi connectivity index (χ1v) is 8.66. The van der Waals surface area contributed by atoms with Crippen LogP contribution < -0.4 is 4.74 Å². The van der Waals surface area contributed by atoms with Crippen molar-refractivity contribution in [2.24, 2.45) is 0 Å². The summed E-state index contributed by atoms with van der Waals surface area (Å²) in [5, 5.41) is 8.09. The van der Waals surface area contributed by atoms with Crippen LogP contribution in [0.1, 0.15) is 10.4 Å². The smallest absolute Gasteiger partial charge is 0.253 e. The molecule has 1 aromatic carbocycles. The number of amides is 2. The van der Waals surface area contributed by atoms with Crippen molar-refractivity contribution in [2.45, 2.75) is 0 Å². The number of nitrogens with zero attached hydrogens (tertiary/aromatic N) is 4. The third kappa shape index (κ3) is 4.40. The van der Waals surface area contributed by atoms with Gasteiger partial charge < -0.3 is 19.3 Å². The van der Waals surface area contributed by atoms with E-state index in [2.05, 4.69) is 10.2 Å². The van der Waals surface area contributed by atoms with Crippen molar-refractivity contribution in [1.82, 2.24) is 20.0 Å². The Kier molecular flexibility index (Phi) is 5.97. The van der Waals surface area contributed by atoms with Crippen molar-refractivity contribution in [2.75, 3.05) is 47.0 Å². The highest BCUT2D eigenvalue weighted by molar-refractivity contribution is 5.95. The van der Waals surface area contributed by atoms with Gasteiger partial charge in [-0.25, -0.2) is 0 Å². The number of hydrogen-bond donors (Lipinski definition) is 0.